The molecular formula is C23H30N4O3. The summed E-state index contributed by atoms with van der Waals surface area (Å²) in [7, 11) is 1.61. The molecule has 1 fully saturated rings. The molecule has 0 bridgehead atoms. The number of para-hydroxylation sites is 1. The minimum Gasteiger partial charge on any atom is -0.496 e. The van der Waals surface area contributed by atoms with Crippen LogP contribution in [-0.2, 0) is 11.3 Å². The van der Waals surface area contributed by atoms with Gasteiger partial charge < -0.3 is 15.0 Å². The van der Waals surface area contributed by atoms with Crippen molar-refractivity contribution < 1.29 is 14.3 Å². The van der Waals surface area contributed by atoms with Crippen molar-refractivity contribution in [2.75, 3.05) is 20.2 Å². The fourth-order valence-corrected chi connectivity index (χ4v) is 3.78. The van der Waals surface area contributed by atoms with Gasteiger partial charge in [-0.1, -0.05) is 25.1 Å². The third kappa shape index (κ3) is 5.14. The van der Waals surface area contributed by atoms with Crippen molar-refractivity contribution in [1.29, 1.82) is 0 Å². The molecule has 30 heavy (non-hydrogen) atoms. The lowest BCUT2D eigenvalue weighted by Crippen LogP contribution is -2.38. The van der Waals surface area contributed by atoms with Gasteiger partial charge in [0, 0.05) is 43.7 Å². The van der Waals surface area contributed by atoms with E-state index in [-0.39, 0.29) is 17.7 Å². The summed E-state index contributed by atoms with van der Waals surface area (Å²) in [6.45, 7) is 5.72. The molecule has 2 aromatic rings. The average Bonchev–Trinajstić information content (AvgIpc) is 2.77. The van der Waals surface area contributed by atoms with Crippen LogP contribution in [0.1, 0.15) is 66.0 Å². The number of hydrogen-bond donors (Lipinski definition) is 1. The van der Waals surface area contributed by atoms with Crippen LogP contribution in [0.25, 0.3) is 0 Å². The Kier molecular flexibility index (Phi) is 7.38. The molecule has 1 N–H and O–H groups in total. The number of carbonyl (C=O) groups excluding carboxylic acids is 2. The van der Waals surface area contributed by atoms with Gasteiger partial charge in [-0.25, -0.2) is 9.97 Å². The Bertz CT molecular complexity index is 892. The molecule has 0 unspecified atom stereocenters. The molecule has 1 aliphatic heterocycles. The maximum Gasteiger partial charge on any atom is 0.254 e. The highest BCUT2D eigenvalue weighted by Crippen LogP contribution is 2.26. The Morgan fingerprint density at radius 2 is 1.97 bits per heavy atom. The summed E-state index contributed by atoms with van der Waals surface area (Å²) < 4.78 is 5.33. The van der Waals surface area contributed by atoms with E-state index >= 15 is 0 Å². The lowest BCUT2D eigenvalue weighted by molar-refractivity contribution is -0.132. The molecular weight excluding hydrogens is 380 g/mol. The molecule has 1 aliphatic rings. The second-order valence-electron chi connectivity index (χ2n) is 7.63. The number of hydrogen-bond acceptors (Lipinski definition) is 5. The summed E-state index contributed by atoms with van der Waals surface area (Å²) >= 11 is 0. The number of rotatable bonds is 7. The van der Waals surface area contributed by atoms with E-state index in [1.807, 2.05) is 43.0 Å². The molecule has 7 nitrogen and oxygen atoms in total. The fraction of sp³-hybridized carbons (Fsp3) is 0.478. The van der Waals surface area contributed by atoms with E-state index in [9.17, 15) is 9.59 Å². The van der Waals surface area contributed by atoms with Crippen molar-refractivity contribution in [3.8, 4) is 5.75 Å². The second kappa shape index (κ2) is 10.2. The zero-order chi connectivity index (χ0) is 21.5. The normalized spacial score (nSPS) is 14.4. The van der Waals surface area contributed by atoms with Crippen LogP contribution in [-0.4, -0.2) is 46.9 Å². The van der Waals surface area contributed by atoms with Gasteiger partial charge in [-0.3, -0.25) is 9.59 Å². The maximum absolute atomic E-state index is 12.6. The van der Waals surface area contributed by atoms with Gasteiger partial charge >= 0.3 is 0 Å². The van der Waals surface area contributed by atoms with Gasteiger partial charge in [-0.2, -0.15) is 0 Å². The molecule has 0 aliphatic carbocycles. The quantitative estimate of drug-likeness (QED) is 0.758. The third-order valence-corrected chi connectivity index (χ3v) is 5.55. The Morgan fingerprint density at radius 3 is 2.63 bits per heavy atom. The van der Waals surface area contributed by atoms with Crippen molar-refractivity contribution in [2.24, 2.45) is 0 Å². The minimum atomic E-state index is -0.204. The van der Waals surface area contributed by atoms with Crippen molar-refractivity contribution in [3.05, 3.63) is 53.1 Å². The van der Waals surface area contributed by atoms with Crippen molar-refractivity contribution in [2.45, 2.75) is 52.0 Å². The molecule has 2 heterocycles. The first-order chi connectivity index (χ1) is 14.5. The number of amides is 2. The predicted octanol–water partition coefficient (Wildman–Crippen LogP) is 3.23. The molecule has 7 heteroatoms. The zero-order valence-electron chi connectivity index (χ0n) is 18.0. The van der Waals surface area contributed by atoms with Gasteiger partial charge in [-0.15, -0.1) is 0 Å². The minimum absolute atomic E-state index is 0.204. The lowest BCUT2D eigenvalue weighted by atomic mass is 9.95. The standard InChI is InChI=1S/C23H30N4O3/c1-4-7-21(28)27-12-10-17(11-13-27)22-24-15-19(16(2)26-22)23(29)25-14-18-8-5-6-9-20(18)30-3/h5-6,8-9,15,17H,4,7,10-14H2,1-3H3,(H,25,29). The first-order valence-corrected chi connectivity index (χ1v) is 10.5. The summed E-state index contributed by atoms with van der Waals surface area (Å²) in [4.78, 5) is 35.7. The van der Waals surface area contributed by atoms with E-state index in [1.165, 1.54) is 0 Å². The molecule has 1 saturated heterocycles. The number of nitrogens with zero attached hydrogens (tertiary/aromatic N) is 3. The van der Waals surface area contributed by atoms with Crippen LogP contribution in [0.5, 0.6) is 5.75 Å². The van der Waals surface area contributed by atoms with Crippen LogP contribution in [0.3, 0.4) is 0 Å². The van der Waals surface area contributed by atoms with E-state index in [0.717, 1.165) is 49.5 Å². The number of benzene rings is 1. The highest BCUT2D eigenvalue weighted by molar-refractivity contribution is 5.94. The zero-order valence-corrected chi connectivity index (χ0v) is 18.0. The smallest absolute Gasteiger partial charge is 0.254 e. The van der Waals surface area contributed by atoms with Gasteiger partial charge in [0.05, 0.1) is 18.4 Å². The summed E-state index contributed by atoms with van der Waals surface area (Å²) in [6.07, 6.45) is 4.81. The van der Waals surface area contributed by atoms with Crippen LogP contribution in [0.15, 0.2) is 30.5 Å². The topological polar surface area (TPSA) is 84.4 Å². The fourth-order valence-electron chi connectivity index (χ4n) is 3.78. The maximum atomic E-state index is 12.6. The Balaban J connectivity index is 1.60. The van der Waals surface area contributed by atoms with Crippen LogP contribution in [0.4, 0.5) is 0 Å². The Labute approximate surface area is 177 Å². The molecule has 160 valence electrons. The van der Waals surface area contributed by atoms with Crippen molar-refractivity contribution in [1.82, 2.24) is 20.2 Å². The number of aryl methyl sites for hydroxylation is 1. The molecule has 0 saturated carbocycles. The highest BCUT2D eigenvalue weighted by Gasteiger charge is 2.25. The van der Waals surface area contributed by atoms with Crippen molar-refractivity contribution in [3.63, 3.8) is 0 Å². The predicted molar refractivity (Wildman–Crippen MR) is 114 cm³/mol. The number of carbonyl (C=O) groups is 2. The number of piperidine rings is 1. The summed E-state index contributed by atoms with van der Waals surface area (Å²) in [5.41, 5.74) is 2.05. The molecule has 1 aromatic heterocycles. The van der Waals surface area contributed by atoms with Crippen LogP contribution in [0.2, 0.25) is 0 Å². The largest absolute Gasteiger partial charge is 0.496 e. The van der Waals surface area contributed by atoms with E-state index in [4.69, 9.17) is 4.74 Å². The monoisotopic (exact) mass is 410 g/mol. The molecule has 0 atom stereocenters. The van der Waals surface area contributed by atoms with Crippen LogP contribution in [0, 0.1) is 6.92 Å². The van der Waals surface area contributed by atoms with Gasteiger partial charge in [-0.05, 0) is 32.3 Å². The number of aromatic nitrogens is 2. The number of nitrogens with one attached hydrogen (secondary N) is 1. The summed E-state index contributed by atoms with van der Waals surface area (Å²) in [6, 6.07) is 7.59. The lowest BCUT2D eigenvalue weighted by Gasteiger charge is -2.31. The van der Waals surface area contributed by atoms with E-state index in [1.54, 1.807) is 13.3 Å². The van der Waals surface area contributed by atoms with E-state index < -0.39 is 0 Å². The van der Waals surface area contributed by atoms with Gasteiger partial charge in [0.2, 0.25) is 5.91 Å². The van der Waals surface area contributed by atoms with Gasteiger partial charge in [0.25, 0.3) is 5.91 Å². The molecule has 0 radical (unpaired) electrons. The average molecular weight is 411 g/mol. The highest BCUT2D eigenvalue weighted by atomic mass is 16.5. The SMILES string of the molecule is CCCC(=O)N1CCC(c2ncc(C(=O)NCc3ccccc3OC)c(C)n2)CC1. The molecule has 0 spiro atoms. The molecule has 2 amide bonds. The van der Waals surface area contributed by atoms with Gasteiger partial charge in [0.1, 0.15) is 11.6 Å². The van der Waals surface area contributed by atoms with Crippen LogP contribution < -0.4 is 10.1 Å². The Morgan fingerprint density at radius 1 is 1.23 bits per heavy atom. The van der Waals surface area contributed by atoms with Gasteiger partial charge in [0.15, 0.2) is 0 Å². The molecule has 3 rings (SSSR count). The van der Waals surface area contributed by atoms with Crippen LogP contribution >= 0.6 is 0 Å². The first-order valence-electron chi connectivity index (χ1n) is 10.5. The van der Waals surface area contributed by atoms with Crippen molar-refractivity contribution >= 4 is 11.8 Å². The summed E-state index contributed by atoms with van der Waals surface area (Å²) in [5, 5.41) is 2.92. The number of likely N-dealkylation sites (tertiary alicyclic amines) is 1. The number of methoxy groups -OCH3 is 1. The van der Waals surface area contributed by atoms with E-state index in [0.29, 0.717) is 24.2 Å². The second-order valence-corrected chi connectivity index (χ2v) is 7.63. The Hall–Kier alpha value is -2.96. The van der Waals surface area contributed by atoms with E-state index in [2.05, 4.69) is 15.3 Å². The summed E-state index contributed by atoms with van der Waals surface area (Å²) in [5.74, 6) is 1.75. The number of ether oxygens (including phenoxy) is 1. The molecule has 1 aromatic carbocycles. The first kappa shape index (κ1) is 21.7. The third-order valence-electron chi connectivity index (χ3n) is 5.55.